The number of halogens is 1. The lowest BCUT2D eigenvalue weighted by molar-refractivity contribution is 0.484. The van der Waals surface area contributed by atoms with E-state index in [1.807, 2.05) is 0 Å². The second kappa shape index (κ2) is 7.98. The van der Waals surface area contributed by atoms with E-state index in [-0.39, 0.29) is 24.0 Å². The molecule has 2 N–H and O–H groups in total. The third kappa shape index (κ3) is 3.72. The van der Waals surface area contributed by atoms with Gasteiger partial charge >= 0.3 is 0 Å². The first-order valence-corrected chi connectivity index (χ1v) is 8.31. The van der Waals surface area contributed by atoms with Crippen LogP contribution in [0.15, 0.2) is 65.7 Å². The molecule has 2 aromatic rings. The molecule has 1 saturated heterocycles. The molecule has 2 aromatic carbocycles. The molecule has 0 saturated carbocycles. The SMILES string of the molecule is I.c1ccc(C2C(c3ccccc3)N2CCNC2=NCCN2)cc1. The fraction of sp³-hybridized carbons (Fsp3) is 0.316. The Morgan fingerprint density at radius 3 is 2.04 bits per heavy atom. The molecule has 2 aliphatic rings. The maximum Gasteiger partial charge on any atom is 0.191 e. The lowest BCUT2D eigenvalue weighted by Crippen LogP contribution is -2.36. The van der Waals surface area contributed by atoms with Gasteiger partial charge in [-0.05, 0) is 11.1 Å². The molecule has 24 heavy (non-hydrogen) atoms. The average molecular weight is 434 g/mol. The highest BCUT2D eigenvalue weighted by Gasteiger charge is 2.48. The van der Waals surface area contributed by atoms with Crippen molar-refractivity contribution in [2.75, 3.05) is 26.2 Å². The summed E-state index contributed by atoms with van der Waals surface area (Å²) in [7, 11) is 0. The molecular formula is C19H23IN4. The molecule has 5 heteroatoms. The largest absolute Gasteiger partial charge is 0.355 e. The van der Waals surface area contributed by atoms with Gasteiger partial charge in [-0.25, -0.2) is 0 Å². The number of benzene rings is 2. The van der Waals surface area contributed by atoms with Crippen LogP contribution in [0.4, 0.5) is 0 Å². The second-order valence-electron chi connectivity index (χ2n) is 6.03. The number of hydrogen-bond donors (Lipinski definition) is 2. The zero-order chi connectivity index (χ0) is 15.5. The molecule has 0 aromatic heterocycles. The monoisotopic (exact) mass is 434 g/mol. The summed E-state index contributed by atoms with van der Waals surface area (Å²) in [6.45, 7) is 3.76. The van der Waals surface area contributed by atoms with E-state index in [1.54, 1.807) is 0 Å². The number of aliphatic imine (C=N–C) groups is 1. The molecule has 4 nitrogen and oxygen atoms in total. The van der Waals surface area contributed by atoms with Crippen LogP contribution in [-0.4, -0.2) is 37.0 Å². The Morgan fingerprint density at radius 1 is 0.958 bits per heavy atom. The minimum Gasteiger partial charge on any atom is -0.355 e. The van der Waals surface area contributed by atoms with Crippen LogP contribution < -0.4 is 10.6 Å². The van der Waals surface area contributed by atoms with Crippen molar-refractivity contribution in [3.05, 3.63) is 71.8 Å². The zero-order valence-electron chi connectivity index (χ0n) is 13.6. The van der Waals surface area contributed by atoms with Gasteiger partial charge in [0.2, 0.25) is 0 Å². The Hall–Kier alpha value is -1.60. The van der Waals surface area contributed by atoms with Crippen molar-refractivity contribution in [3.63, 3.8) is 0 Å². The molecule has 0 amide bonds. The van der Waals surface area contributed by atoms with Crippen LogP contribution in [0.25, 0.3) is 0 Å². The van der Waals surface area contributed by atoms with Crippen LogP contribution in [-0.2, 0) is 0 Å². The van der Waals surface area contributed by atoms with Gasteiger partial charge in [-0.15, -0.1) is 24.0 Å². The van der Waals surface area contributed by atoms with Crippen molar-refractivity contribution in [3.8, 4) is 0 Å². The van der Waals surface area contributed by atoms with Gasteiger partial charge in [0, 0.05) is 19.6 Å². The van der Waals surface area contributed by atoms with E-state index in [2.05, 4.69) is 81.2 Å². The van der Waals surface area contributed by atoms with Crippen LogP contribution in [0.3, 0.4) is 0 Å². The third-order valence-corrected chi connectivity index (χ3v) is 4.54. The predicted molar refractivity (Wildman–Crippen MR) is 109 cm³/mol. The summed E-state index contributed by atoms with van der Waals surface area (Å²) >= 11 is 0. The Labute approximate surface area is 160 Å². The smallest absolute Gasteiger partial charge is 0.191 e. The normalized spacial score (nSPS) is 24.5. The average Bonchev–Trinajstić information content (AvgIpc) is 3.08. The summed E-state index contributed by atoms with van der Waals surface area (Å²) in [6.07, 6.45) is 0. The summed E-state index contributed by atoms with van der Waals surface area (Å²) in [6, 6.07) is 22.6. The first kappa shape index (κ1) is 17.2. The molecule has 2 atom stereocenters. The minimum absolute atomic E-state index is 0. The highest BCUT2D eigenvalue weighted by Crippen LogP contribution is 2.53. The maximum atomic E-state index is 4.38. The van der Waals surface area contributed by atoms with Crippen LogP contribution in [0.2, 0.25) is 0 Å². The quantitative estimate of drug-likeness (QED) is 0.562. The number of hydrogen-bond acceptors (Lipinski definition) is 4. The van der Waals surface area contributed by atoms with E-state index < -0.39 is 0 Å². The summed E-state index contributed by atoms with van der Waals surface area (Å²) in [5.74, 6) is 0.944. The van der Waals surface area contributed by atoms with Gasteiger partial charge < -0.3 is 10.6 Å². The summed E-state index contributed by atoms with van der Waals surface area (Å²) in [5.41, 5.74) is 2.80. The molecule has 0 radical (unpaired) electrons. The van der Waals surface area contributed by atoms with E-state index in [0.717, 1.165) is 32.1 Å². The summed E-state index contributed by atoms with van der Waals surface area (Å²) in [5, 5.41) is 6.65. The minimum atomic E-state index is 0. The molecule has 2 heterocycles. The molecule has 0 bridgehead atoms. The Kier molecular flexibility index (Phi) is 5.73. The van der Waals surface area contributed by atoms with E-state index in [1.165, 1.54) is 11.1 Å². The highest BCUT2D eigenvalue weighted by molar-refractivity contribution is 14.0. The van der Waals surface area contributed by atoms with E-state index in [4.69, 9.17) is 0 Å². The molecule has 4 rings (SSSR count). The fourth-order valence-corrected chi connectivity index (χ4v) is 3.42. The fourth-order valence-electron chi connectivity index (χ4n) is 3.42. The number of nitrogens with one attached hydrogen (secondary N) is 2. The van der Waals surface area contributed by atoms with Crippen LogP contribution in [0.5, 0.6) is 0 Å². The Balaban J connectivity index is 0.00000169. The van der Waals surface area contributed by atoms with Gasteiger partial charge in [-0.1, -0.05) is 60.7 Å². The van der Waals surface area contributed by atoms with Crippen LogP contribution >= 0.6 is 24.0 Å². The first-order valence-electron chi connectivity index (χ1n) is 8.31. The zero-order valence-corrected chi connectivity index (χ0v) is 15.9. The molecule has 0 aliphatic carbocycles. The number of nitrogens with zero attached hydrogens (tertiary/aromatic N) is 2. The summed E-state index contributed by atoms with van der Waals surface area (Å²) < 4.78 is 0. The molecule has 0 spiro atoms. The van der Waals surface area contributed by atoms with Gasteiger partial charge in [0.15, 0.2) is 5.96 Å². The maximum absolute atomic E-state index is 4.38. The number of guanidine groups is 1. The van der Waals surface area contributed by atoms with Crippen LogP contribution in [0, 0.1) is 0 Å². The van der Waals surface area contributed by atoms with Crippen molar-refractivity contribution < 1.29 is 0 Å². The third-order valence-electron chi connectivity index (χ3n) is 4.54. The lowest BCUT2D eigenvalue weighted by Gasteiger charge is -2.08. The van der Waals surface area contributed by atoms with Crippen molar-refractivity contribution in [1.29, 1.82) is 0 Å². The van der Waals surface area contributed by atoms with E-state index in [0.29, 0.717) is 12.1 Å². The van der Waals surface area contributed by atoms with Crippen molar-refractivity contribution in [2.45, 2.75) is 12.1 Å². The van der Waals surface area contributed by atoms with Gasteiger partial charge in [-0.2, -0.15) is 0 Å². The molecule has 1 fully saturated rings. The molecule has 2 aliphatic heterocycles. The van der Waals surface area contributed by atoms with Gasteiger partial charge in [0.1, 0.15) is 0 Å². The Bertz CT molecular complexity index is 629. The predicted octanol–water partition coefficient (Wildman–Crippen LogP) is 2.95. The van der Waals surface area contributed by atoms with E-state index in [9.17, 15) is 0 Å². The van der Waals surface area contributed by atoms with Gasteiger partial charge in [0.05, 0.1) is 18.6 Å². The second-order valence-corrected chi connectivity index (χ2v) is 6.03. The van der Waals surface area contributed by atoms with Crippen molar-refractivity contribution >= 4 is 29.9 Å². The van der Waals surface area contributed by atoms with Crippen molar-refractivity contribution in [2.24, 2.45) is 4.99 Å². The topological polar surface area (TPSA) is 39.4 Å². The van der Waals surface area contributed by atoms with E-state index >= 15 is 0 Å². The summed E-state index contributed by atoms with van der Waals surface area (Å²) in [4.78, 5) is 6.93. The Morgan fingerprint density at radius 2 is 1.54 bits per heavy atom. The van der Waals surface area contributed by atoms with Crippen molar-refractivity contribution in [1.82, 2.24) is 15.5 Å². The van der Waals surface area contributed by atoms with Gasteiger partial charge in [0.25, 0.3) is 0 Å². The van der Waals surface area contributed by atoms with Crippen LogP contribution in [0.1, 0.15) is 23.2 Å². The highest BCUT2D eigenvalue weighted by atomic mass is 127. The lowest BCUT2D eigenvalue weighted by atomic mass is 10.0. The molecule has 2 unspecified atom stereocenters. The standard InChI is InChI=1S/C19H22N4.HI/c1-3-7-15(8-4-1)17-18(16-9-5-2-6-10-16)23(17)14-13-22-19-20-11-12-21-19;/h1-10,17-18H,11-14H2,(H2,20,21,22);1H. The first-order chi connectivity index (χ1) is 11.4. The molecular weight excluding hydrogens is 411 g/mol. The van der Waals surface area contributed by atoms with Gasteiger partial charge in [-0.3, -0.25) is 9.89 Å². The number of rotatable bonds is 5. The molecule has 126 valence electrons.